The molecule has 0 aliphatic rings. The fraction of sp³-hybridized carbons (Fsp3) is 0.833. The summed E-state index contributed by atoms with van der Waals surface area (Å²) in [5.41, 5.74) is 0.609. The highest BCUT2D eigenvalue weighted by Gasteiger charge is 2.24. The molecule has 0 saturated carbocycles. The maximum Gasteiger partial charge on any atom is 0.0797 e. The predicted molar refractivity (Wildman–Crippen MR) is 80.7 cm³/mol. The van der Waals surface area contributed by atoms with Gasteiger partial charge in [-0.2, -0.15) is 0 Å². The quantitative estimate of drug-likeness (QED) is 0.252. The molecule has 0 saturated heterocycles. The molecule has 0 aliphatic heterocycles. The Morgan fingerprint density at radius 3 is 2.20 bits per heavy atom. The van der Waals surface area contributed by atoms with Gasteiger partial charge in [0.15, 0.2) is 0 Å². The molecule has 0 radical (unpaired) electrons. The third-order valence-electron chi connectivity index (χ3n) is 2.24. The molecule has 0 unspecified atom stereocenters. The van der Waals surface area contributed by atoms with Crippen LogP contribution in [0, 0.1) is 0 Å². The Kier molecular flexibility index (Phi) is 6.67. The van der Waals surface area contributed by atoms with Gasteiger partial charge in [0.1, 0.15) is 0 Å². The summed E-state index contributed by atoms with van der Waals surface area (Å²) in [5, 5.41) is 10.1. The molecule has 0 spiro atoms. The zero-order chi connectivity index (χ0) is 12.1. The highest BCUT2D eigenvalue weighted by Crippen LogP contribution is 2.26. The average Bonchev–Trinajstić information content (AvgIpc) is 1.99. The van der Waals surface area contributed by atoms with Gasteiger partial charge in [-0.25, -0.2) is 0 Å². The topological polar surface area (TPSA) is 20.2 Å². The van der Waals surface area contributed by atoms with Crippen LogP contribution in [0.3, 0.4) is 0 Å². The summed E-state index contributed by atoms with van der Waals surface area (Å²) in [7, 11) is -1.12. The third kappa shape index (κ3) is 8.45. The van der Waals surface area contributed by atoms with E-state index in [9.17, 15) is 5.11 Å². The van der Waals surface area contributed by atoms with Gasteiger partial charge in [0.25, 0.3) is 0 Å². The third-order valence-corrected chi connectivity index (χ3v) is 4.44. The van der Waals surface area contributed by atoms with E-state index >= 15 is 0 Å². The first-order valence-electron chi connectivity index (χ1n) is 5.64. The van der Waals surface area contributed by atoms with Crippen molar-refractivity contribution in [1.82, 2.24) is 0 Å². The molecule has 0 aromatic carbocycles. The number of hydrogen-bond donors (Lipinski definition) is 1. The van der Waals surface area contributed by atoms with E-state index in [-0.39, 0.29) is 0 Å². The second-order valence-electron chi connectivity index (χ2n) is 5.86. The fourth-order valence-corrected chi connectivity index (χ4v) is 3.62. The molecular formula is C12H25IOSi. The molecule has 90 valence electrons. The van der Waals surface area contributed by atoms with Gasteiger partial charge in [0.05, 0.1) is 5.60 Å². The minimum absolute atomic E-state index is 0.633. The first kappa shape index (κ1) is 15.6. The monoisotopic (exact) mass is 340 g/mol. The maximum absolute atomic E-state index is 10.1. The standard InChI is InChI=1S/C12H25IOSi/c1-12(2,14)11(8-6-7-9-13)10-15(3,4)5/h8,14H,6-7,9-10H2,1-5H3/b11-8+. The van der Waals surface area contributed by atoms with Crippen LogP contribution in [-0.4, -0.2) is 23.2 Å². The van der Waals surface area contributed by atoms with Gasteiger partial charge >= 0.3 is 0 Å². The van der Waals surface area contributed by atoms with E-state index in [1.807, 2.05) is 13.8 Å². The van der Waals surface area contributed by atoms with Crippen molar-refractivity contribution in [3.8, 4) is 0 Å². The van der Waals surface area contributed by atoms with Crippen LogP contribution >= 0.6 is 22.6 Å². The van der Waals surface area contributed by atoms with Gasteiger partial charge in [-0.3, -0.25) is 0 Å². The van der Waals surface area contributed by atoms with Crippen LogP contribution in [-0.2, 0) is 0 Å². The summed E-state index contributed by atoms with van der Waals surface area (Å²) in [6.45, 7) is 10.9. The largest absolute Gasteiger partial charge is 0.386 e. The van der Waals surface area contributed by atoms with E-state index in [4.69, 9.17) is 0 Å². The highest BCUT2D eigenvalue weighted by atomic mass is 127. The van der Waals surface area contributed by atoms with Crippen molar-refractivity contribution in [2.45, 2.75) is 58.0 Å². The van der Waals surface area contributed by atoms with Crippen molar-refractivity contribution in [3.63, 3.8) is 0 Å². The number of unbranched alkanes of at least 4 members (excludes halogenated alkanes) is 1. The normalized spacial score (nSPS) is 14.5. The lowest BCUT2D eigenvalue weighted by atomic mass is 9.98. The Morgan fingerprint density at radius 1 is 1.33 bits per heavy atom. The molecule has 0 aliphatic carbocycles. The number of allylic oxidation sites excluding steroid dienone is 1. The zero-order valence-corrected chi connectivity index (χ0v) is 13.9. The number of hydrogen-bond acceptors (Lipinski definition) is 1. The van der Waals surface area contributed by atoms with Gasteiger partial charge < -0.3 is 5.11 Å². The van der Waals surface area contributed by atoms with Crippen molar-refractivity contribution < 1.29 is 5.11 Å². The SMILES string of the molecule is CC(C)(O)/C(=C/CCCI)C[Si](C)(C)C. The van der Waals surface area contributed by atoms with Crippen LogP contribution in [0.1, 0.15) is 26.7 Å². The predicted octanol–water partition coefficient (Wildman–Crippen LogP) is 4.24. The number of alkyl halides is 1. The van der Waals surface area contributed by atoms with Crippen LogP contribution in [0.2, 0.25) is 25.7 Å². The van der Waals surface area contributed by atoms with E-state index < -0.39 is 13.7 Å². The summed E-state index contributed by atoms with van der Waals surface area (Å²) in [4.78, 5) is 0. The van der Waals surface area contributed by atoms with Gasteiger partial charge in [-0.1, -0.05) is 48.3 Å². The molecule has 15 heavy (non-hydrogen) atoms. The van der Waals surface area contributed by atoms with Crippen molar-refractivity contribution in [2.24, 2.45) is 0 Å². The van der Waals surface area contributed by atoms with Gasteiger partial charge in [-0.05, 0) is 42.7 Å². The first-order chi connectivity index (χ1) is 6.67. The van der Waals surface area contributed by atoms with Crippen LogP contribution in [0.25, 0.3) is 0 Å². The Morgan fingerprint density at radius 2 is 1.87 bits per heavy atom. The van der Waals surface area contributed by atoms with Crippen LogP contribution < -0.4 is 0 Å². The molecule has 1 nitrogen and oxygen atoms in total. The molecule has 0 bridgehead atoms. The zero-order valence-electron chi connectivity index (χ0n) is 10.7. The summed E-state index contributed by atoms with van der Waals surface area (Å²) in [6, 6.07) is 1.11. The van der Waals surface area contributed by atoms with E-state index in [1.165, 1.54) is 16.4 Å². The summed E-state index contributed by atoms with van der Waals surface area (Å²) in [6.07, 6.45) is 4.58. The first-order valence-corrected chi connectivity index (χ1v) is 10.9. The molecule has 0 aromatic rings. The Bertz CT molecular complexity index is 211. The Labute approximate surface area is 110 Å². The number of aliphatic hydroxyl groups is 1. The Balaban J connectivity index is 4.53. The molecule has 3 heteroatoms. The minimum Gasteiger partial charge on any atom is -0.386 e. The van der Waals surface area contributed by atoms with Gasteiger partial charge in [0, 0.05) is 8.07 Å². The highest BCUT2D eigenvalue weighted by molar-refractivity contribution is 14.1. The molecule has 0 amide bonds. The Hall–Kier alpha value is 0.647. The van der Waals surface area contributed by atoms with Gasteiger partial charge in [0.2, 0.25) is 0 Å². The fourth-order valence-electron chi connectivity index (χ4n) is 1.46. The van der Waals surface area contributed by atoms with Crippen molar-refractivity contribution in [1.29, 1.82) is 0 Å². The lowest BCUT2D eigenvalue weighted by molar-refractivity contribution is 0.119. The molecule has 0 fully saturated rings. The van der Waals surface area contributed by atoms with E-state index in [0.29, 0.717) is 0 Å². The van der Waals surface area contributed by atoms with Crippen LogP contribution in [0.5, 0.6) is 0 Å². The van der Waals surface area contributed by atoms with Gasteiger partial charge in [-0.15, -0.1) is 0 Å². The average molecular weight is 340 g/mol. The van der Waals surface area contributed by atoms with Crippen LogP contribution in [0.15, 0.2) is 11.6 Å². The summed E-state index contributed by atoms with van der Waals surface area (Å²) in [5.74, 6) is 0. The molecule has 0 heterocycles. The lowest BCUT2D eigenvalue weighted by Crippen LogP contribution is -2.29. The van der Waals surface area contributed by atoms with Crippen molar-refractivity contribution >= 4 is 30.7 Å². The maximum atomic E-state index is 10.1. The number of halogens is 1. The van der Waals surface area contributed by atoms with Crippen molar-refractivity contribution in [3.05, 3.63) is 11.6 Å². The molecular weight excluding hydrogens is 315 g/mol. The van der Waals surface area contributed by atoms with Crippen molar-refractivity contribution in [2.75, 3.05) is 4.43 Å². The summed E-state index contributed by atoms with van der Waals surface area (Å²) >= 11 is 2.40. The second kappa shape index (κ2) is 6.40. The summed E-state index contributed by atoms with van der Waals surface area (Å²) < 4.78 is 1.19. The number of rotatable bonds is 6. The molecule has 0 atom stereocenters. The van der Waals surface area contributed by atoms with E-state index in [1.54, 1.807) is 0 Å². The van der Waals surface area contributed by atoms with Crippen LogP contribution in [0.4, 0.5) is 0 Å². The minimum atomic E-state index is -1.12. The van der Waals surface area contributed by atoms with E-state index in [0.717, 1.165) is 12.5 Å². The smallest absolute Gasteiger partial charge is 0.0797 e. The molecule has 1 N–H and O–H groups in total. The molecule has 0 rings (SSSR count). The second-order valence-corrected chi connectivity index (χ2v) is 12.4. The lowest BCUT2D eigenvalue weighted by Gasteiger charge is -2.27. The molecule has 0 aromatic heterocycles. The van der Waals surface area contributed by atoms with E-state index in [2.05, 4.69) is 48.3 Å².